The van der Waals surface area contributed by atoms with Crippen LogP contribution in [-0.4, -0.2) is 30.2 Å². The fraction of sp³-hybridized carbons (Fsp3) is 0.238. The molecule has 0 radical (unpaired) electrons. The molecule has 0 unspecified atom stereocenters. The van der Waals surface area contributed by atoms with E-state index in [2.05, 4.69) is 5.32 Å². The second-order valence-corrected chi connectivity index (χ2v) is 6.31. The second-order valence-electron chi connectivity index (χ2n) is 6.31. The number of nitrogens with zero attached hydrogens (tertiary/aromatic N) is 1. The maximum Gasteiger partial charge on any atom is 0.340 e. The molecular formula is C21H22N2O5. The van der Waals surface area contributed by atoms with E-state index < -0.39 is 11.9 Å². The highest BCUT2D eigenvalue weighted by atomic mass is 16.5. The highest BCUT2D eigenvalue weighted by Crippen LogP contribution is 2.19. The van der Waals surface area contributed by atoms with Crippen LogP contribution >= 0.6 is 0 Å². The van der Waals surface area contributed by atoms with E-state index in [9.17, 15) is 9.59 Å². The second kappa shape index (κ2) is 8.47. The van der Waals surface area contributed by atoms with Crippen molar-refractivity contribution in [3.05, 3.63) is 71.4 Å². The number of aryl methyl sites for hydroxylation is 1. The van der Waals surface area contributed by atoms with Crippen molar-refractivity contribution in [1.82, 2.24) is 4.57 Å². The quantitative estimate of drug-likeness (QED) is 0.632. The summed E-state index contributed by atoms with van der Waals surface area (Å²) in [6.45, 7) is 3.89. The van der Waals surface area contributed by atoms with Crippen molar-refractivity contribution in [1.29, 1.82) is 0 Å². The molecule has 146 valence electrons. The lowest BCUT2D eigenvalue weighted by molar-refractivity contribution is -0.119. The van der Waals surface area contributed by atoms with Crippen LogP contribution in [0.4, 0.5) is 5.69 Å². The number of benzene rings is 1. The van der Waals surface area contributed by atoms with Crippen LogP contribution in [0.3, 0.4) is 0 Å². The molecule has 1 amide bonds. The number of hydrogen-bond acceptors (Lipinski definition) is 5. The summed E-state index contributed by atoms with van der Waals surface area (Å²) >= 11 is 0. The number of hydrogen-bond donors (Lipinski definition) is 1. The fourth-order valence-electron chi connectivity index (χ4n) is 2.92. The smallest absolute Gasteiger partial charge is 0.340 e. The predicted molar refractivity (Wildman–Crippen MR) is 104 cm³/mol. The summed E-state index contributed by atoms with van der Waals surface area (Å²) in [4.78, 5) is 24.5. The van der Waals surface area contributed by atoms with Crippen molar-refractivity contribution in [2.24, 2.45) is 0 Å². The van der Waals surface area contributed by atoms with Crippen LogP contribution in [0.5, 0.6) is 5.75 Å². The van der Waals surface area contributed by atoms with Crippen LogP contribution in [0, 0.1) is 13.8 Å². The van der Waals surface area contributed by atoms with E-state index >= 15 is 0 Å². The minimum absolute atomic E-state index is 0.377. The summed E-state index contributed by atoms with van der Waals surface area (Å²) in [5.74, 6) is 0.448. The molecule has 2 aromatic heterocycles. The average molecular weight is 382 g/mol. The predicted octanol–water partition coefficient (Wildman–Crippen LogP) is 3.55. The largest absolute Gasteiger partial charge is 0.497 e. The summed E-state index contributed by atoms with van der Waals surface area (Å²) < 4.78 is 17.6. The normalized spacial score (nSPS) is 10.5. The fourth-order valence-corrected chi connectivity index (χ4v) is 2.92. The average Bonchev–Trinajstić information content (AvgIpc) is 3.30. The monoisotopic (exact) mass is 382 g/mol. The zero-order chi connectivity index (χ0) is 20.1. The first kappa shape index (κ1) is 19.3. The maximum atomic E-state index is 12.4. The number of rotatable bonds is 7. The van der Waals surface area contributed by atoms with Gasteiger partial charge in [0.15, 0.2) is 6.61 Å². The third-order valence-electron chi connectivity index (χ3n) is 4.38. The summed E-state index contributed by atoms with van der Waals surface area (Å²) in [7, 11) is 1.55. The number of amides is 1. The lowest BCUT2D eigenvalue weighted by Crippen LogP contribution is -2.21. The highest BCUT2D eigenvalue weighted by molar-refractivity contribution is 5.96. The van der Waals surface area contributed by atoms with Gasteiger partial charge in [0.05, 0.1) is 25.5 Å². The van der Waals surface area contributed by atoms with E-state index in [0.29, 0.717) is 23.5 Å². The molecule has 2 heterocycles. The summed E-state index contributed by atoms with van der Waals surface area (Å²) in [5.41, 5.74) is 2.66. The molecule has 7 heteroatoms. The molecule has 7 nitrogen and oxygen atoms in total. The summed E-state index contributed by atoms with van der Waals surface area (Å²) in [5, 5.41) is 2.67. The number of carbonyl (C=O) groups excluding carboxylic acids is 2. The maximum absolute atomic E-state index is 12.4. The van der Waals surface area contributed by atoms with Crippen LogP contribution < -0.4 is 10.1 Å². The third-order valence-corrected chi connectivity index (χ3v) is 4.38. The molecule has 1 aromatic carbocycles. The van der Waals surface area contributed by atoms with Gasteiger partial charge in [-0.1, -0.05) is 6.07 Å². The Hall–Kier alpha value is -3.48. The standard InChI is InChI=1S/C21H22N2O5/c1-14-10-19(15(2)23(14)12-18-8-5-9-27-18)21(25)28-13-20(24)22-16-6-4-7-17(11-16)26-3/h4-11H,12-13H2,1-3H3,(H,22,24). The van der Waals surface area contributed by atoms with Gasteiger partial charge >= 0.3 is 5.97 Å². The van der Waals surface area contributed by atoms with Gasteiger partial charge in [0.1, 0.15) is 11.5 Å². The molecule has 0 fully saturated rings. The van der Waals surface area contributed by atoms with Gasteiger partial charge in [-0.15, -0.1) is 0 Å². The lowest BCUT2D eigenvalue weighted by Gasteiger charge is -2.09. The van der Waals surface area contributed by atoms with E-state index in [0.717, 1.165) is 17.1 Å². The molecule has 0 aliphatic carbocycles. The number of aromatic nitrogens is 1. The van der Waals surface area contributed by atoms with Crippen LogP contribution in [0.1, 0.15) is 27.5 Å². The Morgan fingerprint density at radius 2 is 1.96 bits per heavy atom. The molecule has 28 heavy (non-hydrogen) atoms. The van der Waals surface area contributed by atoms with E-state index in [1.807, 2.05) is 30.5 Å². The Labute approximate surface area is 162 Å². The number of methoxy groups -OCH3 is 1. The van der Waals surface area contributed by atoms with Crippen molar-refractivity contribution in [2.75, 3.05) is 19.0 Å². The molecule has 1 N–H and O–H groups in total. The van der Waals surface area contributed by atoms with Gasteiger partial charge in [-0.05, 0) is 44.2 Å². The molecule has 0 aliphatic rings. The SMILES string of the molecule is COc1cccc(NC(=O)COC(=O)c2cc(C)n(Cc3ccco3)c2C)c1. The van der Waals surface area contributed by atoms with E-state index in [4.69, 9.17) is 13.9 Å². The Bertz CT molecular complexity index is 973. The van der Waals surface area contributed by atoms with E-state index in [-0.39, 0.29) is 6.61 Å². The van der Waals surface area contributed by atoms with Gasteiger partial charge in [-0.25, -0.2) is 4.79 Å². The number of carbonyl (C=O) groups is 2. The number of ether oxygens (including phenoxy) is 2. The number of nitrogens with one attached hydrogen (secondary N) is 1. The number of anilines is 1. The van der Waals surface area contributed by atoms with Gasteiger partial charge < -0.3 is 23.8 Å². The van der Waals surface area contributed by atoms with Gasteiger partial charge in [-0.2, -0.15) is 0 Å². The minimum atomic E-state index is -0.542. The molecular weight excluding hydrogens is 360 g/mol. The number of furan rings is 1. The molecule has 0 saturated carbocycles. The molecule has 3 aromatic rings. The van der Waals surface area contributed by atoms with Crippen LogP contribution in [0.15, 0.2) is 53.1 Å². The Kier molecular flexibility index (Phi) is 5.84. The van der Waals surface area contributed by atoms with Gasteiger partial charge in [0.25, 0.3) is 5.91 Å². The van der Waals surface area contributed by atoms with Crippen LogP contribution in [-0.2, 0) is 16.1 Å². The van der Waals surface area contributed by atoms with Crippen molar-refractivity contribution < 1.29 is 23.5 Å². The van der Waals surface area contributed by atoms with Gasteiger partial charge in [-0.3, -0.25) is 4.79 Å². The van der Waals surface area contributed by atoms with Crippen LogP contribution in [0.2, 0.25) is 0 Å². The van der Waals surface area contributed by atoms with Crippen molar-refractivity contribution >= 4 is 17.6 Å². The van der Waals surface area contributed by atoms with Crippen molar-refractivity contribution in [2.45, 2.75) is 20.4 Å². The number of esters is 1. The molecule has 0 saturated heterocycles. The first-order valence-corrected chi connectivity index (χ1v) is 8.78. The Morgan fingerprint density at radius 1 is 1.14 bits per heavy atom. The molecule has 0 bridgehead atoms. The summed E-state index contributed by atoms with van der Waals surface area (Å²) in [6.07, 6.45) is 1.61. The Balaban J connectivity index is 1.61. The molecule has 0 spiro atoms. The van der Waals surface area contributed by atoms with Crippen LogP contribution in [0.25, 0.3) is 0 Å². The molecule has 0 aliphatic heterocycles. The molecule has 3 rings (SSSR count). The Morgan fingerprint density at radius 3 is 2.68 bits per heavy atom. The van der Waals surface area contributed by atoms with E-state index in [1.54, 1.807) is 43.7 Å². The van der Waals surface area contributed by atoms with Gasteiger partial charge in [0.2, 0.25) is 0 Å². The lowest BCUT2D eigenvalue weighted by atomic mass is 10.2. The third kappa shape index (κ3) is 4.43. The molecule has 0 atom stereocenters. The summed E-state index contributed by atoms with van der Waals surface area (Å²) in [6, 6.07) is 12.4. The first-order valence-electron chi connectivity index (χ1n) is 8.78. The zero-order valence-electron chi connectivity index (χ0n) is 16.0. The first-order chi connectivity index (χ1) is 13.5. The van der Waals surface area contributed by atoms with Crippen molar-refractivity contribution in [3.63, 3.8) is 0 Å². The van der Waals surface area contributed by atoms with Gasteiger partial charge in [0, 0.05) is 23.1 Å². The zero-order valence-corrected chi connectivity index (χ0v) is 16.0. The van der Waals surface area contributed by atoms with Crippen molar-refractivity contribution in [3.8, 4) is 5.75 Å². The topological polar surface area (TPSA) is 82.7 Å². The highest BCUT2D eigenvalue weighted by Gasteiger charge is 2.18. The van der Waals surface area contributed by atoms with E-state index in [1.165, 1.54) is 0 Å². The minimum Gasteiger partial charge on any atom is -0.497 e.